The van der Waals surface area contributed by atoms with Crippen molar-refractivity contribution in [1.82, 2.24) is 9.97 Å². The number of aromatic nitrogens is 2. The SMILES string of the molecule is CC(C)c1ccccc1Oc1nc(NN)ncc1Br. The fourth-order valence-corrected chi connectivity index (χ4v) is 1.92. The third-order valence-electron chi connectivity index (χ3n) is 2.59. The highest BCUT2D eigenvalue weighted by Crippen LogP contribution is 2.32. The summed E-state index contributed by atoms with van der Waals surface area (Å²) in [6.45, 7) is 4.23. The maximum atomic E-state index is 5.85. The summed E-state index contributed by atoms with van der Waals surface area (Å²) < 4.78 is 6.52. The summed E-state index contributed by atoms with van der Waals surface area (Å²) in [5.74, 6) is 7.17. The monoisotopic (exact) mass is 322 g/mol. The lowest BCUT2D eigenvalue weighted by Gasteiger charge is -2.13. The van der Waals surface area contributed by atoms with Crippen molar-refractivity contribution in [2.24, 2.45) is 5.84 Å². The lowest BCUT2D eigenvalue weighted by Crippen LogP contribution is -2.10. The predicted molar refractivity (Wildman–Crippen MR) is 78.1 cm³/mol. The van der Waals surface area contributed by atoms with E-state index < -0.39 is 0 Å². The highest BCUT2D eigenvalue weighted by Gasteiger charge is 2.11. The van der Waals surface area contributed by atoms with Gasteiger partial charge in [0.25, 0.3) is 0 Å². The number of nitrogens with two attached hydrogens (primary N) is 1. The molecule has 0 bridgehead atoms. The number of hydrazine groups is 1. The zero-order valence-corrected chi connectivity index (χ0v) is 12.3. The summed E-state index contributed by atoms with van der Waals surface area (Å²) in [6, 6.07) is 7.87. The molecule has 0 radical (unpaired) electrons. The number of halogens is 1. The number of hydrogen-bond donors (Lipinski definition) is 2. The Morgan fingerprint density at radius 3 is 2.74 bits per heavy atom. The van der Waals surface area contributed by atoms with E-state index in [9.17, 15) is 0 Å². The molecule has 1 aromatic carbocycles. The molecule has 3 N–H and O–H groups in total. The molecule has 0 unspecified atom stereocenters. The highest BCUT2D eigenvalue weighted by molar-refractivity contribution is 9.10. The second-order valence-corrected chi connectivity index (χ2v) is 5.14. The summed E-state index contributed by atoms with van der Waals surface area (Å²) in [4.78, 5) is 8.15. The fraction of sp³-hybridized carbons (Fsp3) is 0.231. The number of hydrogen-bond acceptors (Lipinski definition) is 5. The largest absolute Gasteiger partial charge is 0.437 e. The molecular weight excluding hydrogens is 308 g/mol. The van der Waals surface area contributed by atoms with Crippen molar-refractivity contribution in [3.8, 4) is 11.6 Å². The van der Waals surface area contributed by atoms with Gasteiger partial charge in [0.1, 0.15) is 5.75 Å². The van der Waals surface area contributed by atoms with E-state index in [4.69, 9.17) is 10.6 Å². The van der Waals surface area contributed by atoms with Crippen LogP contribution < -0.4 is 16.0 Å². The Morgan fingerprint density at radius 2 is 2.05 bits per heavy atom. The number of nitrogens with zero attached hydrogens (tertiary/aromatic N) is 2. The Hall–Kier alpha value is -1.66. The van der Waals surface area contributed by atoms with Gasteiger partial charge in [0.05, 0.1) is 10.7 Å². The normalized spacial score (nSPS) is 10.6. The molecule has 0 fully saturated rings. The van der Waals surface area contributed by atoms with Gasteiger partial charge in [-0.25, -0.2) is 10.8 Å². The van der Waals surface area contributed by atoms with E-state index in [1.165, 1.54) is 0 Å². The Bertz CT molecular complexity index is 574. The molecule has 0 saturated carbocycles. The lowest BCUT2D eigenvalue weighted by molar-refractivity contribution is 0.450. The van der Waals surface area contributed by atoms with Crippen LogP contribution >= 0.6 is 15.9 Å². The first kappa shape index (κ1) is 13.8. The zero-order valence-electron chi connectivity index (χ0n) is 10.7. The van der Waals surface area contributed by atoms with Crippen LogP contribution in [0.1, 0.15) is 25.3 Å². The number of anilines is 1. The van der Waals surface area contributed by atoms with Gasteiger partial charge in [-0.15, -0.1) is 0 Å². The first-order chi connectivity index (χ1) is 9.11. The average molecular weight is 323 g/mol. The van der Waals surface area contributed by atoms with E-state index >= 15 is 0 Å². The molecule has 0 amide bonds. The molecule has 2 aromatic rings. The number of ether oxygens (including phenoxy) is 1. The van der Waals surface area contributed by atoms with Crippen LogP contribution in [-0.4, -0.2) is 9.97 Å². The van der Waals surface area contributed by atoms with Crippen LogP contribution in [0.4, 0.5) is 5.95 Å². The van der Waals surface area contributed by atoms with Crippen LogP contribution in [0.2, 0.25) is 0 Å². The third kappa shape index (κ3) is 3.21. The Kier molecular flexibility index (Phi) is 4.34. The Labute approximate surface area is 120 Å². The molecule has 5 nitrogen and oxygen atoms in total. The number of rotatable bonds is 4. The number of para-hydroxylation sites is 1. The molecule has 2 rings (SSSR count). The van der Waals surface area contributed by atoms with Crippen LogP contribution in [0.25, 0.3) is 0 Å². The summed E-state index contributed by atoms with van der Waals surface area (Å²) in [6.07, 6.45) is 1.59. The van der Waals surface area contributed by atoms with Crippen LogP contribution in [0, 0.1) is 0 Å². The fourth-order valence-electron chi connectivity index (χ4n) is 1.65. The van der Waals surface area contributed by atoms with E-state index in [-0.39, 0.29) is 0 Å². The second kappa shape index (κ2) is 5.99. The van der Waals surface area contributed by atoms with Gasteiger partial charge < -0.3 is 4.74 Å². The van der Waals surface area contributed by atoms with Crippen LogP contribution in [0.15, 0.2) is 34.9 Å². The van der Waals surface area contributed by atoms with Gasteiger partial charge in [0, 0.05) is 0 Å². The van der Waals surface area contributed by atoms with Crippen molar-refractivity contribution in [2.75, 3.05) is 5.43 Å². The minimum Gasteiger partial charge on any atom is -0.437 e. The quantitative estimate of drug-likeness (QED) is 0.666. The standard InChI is InChI=1S/C13H15BrN4O/c1-8(2)9-5-3-4-6-11(9)19-12-10(14)7-16-13(17-12)18-15/h3-8H,15H2,1-2H3,(H,16,17,18). The highest BCUT2D eigenvalue weighted by atomic mass is 79.9. The van der Waals surface area contributed by atoms with Gasteiger partial charge in [-0.1, -0.05) is 32.0 Å². The maximum absolute atomic E-state index is 5.85. The van der Waals surface area contributed by atoms with E-state index in [0.29, 0.717) is 22.2 Å². The first-order valence-electron chi connectivity index (χ1n) is 5.87. The number of nitrogens with one attached hydrogen (secondary N) is 1. The van der Waals surface area contributed by atoms with E-state index in [1.807, 2.05) is 24.3 Å². The third-order valence-corrected chi connectivity index (χ3v) is 3.13. The number of benzene rings is 1. The van der Waals surface area contributed by atoms with E-state index in [0.717, 1.165) is 11.3 Å². The van der Waals surface area contributed by atoms with Crippen molar-refractivity contribution in [3.63, 3.8) is 0 Å². The minimum atomic E-state index is 0.306. The van der Waals surface area contributed by atoms with Gasteiger partial charge in [-0.2, -0.15) is 4.98 Å². The first-order valence-corrected chi connectivity index (χ1v) is 6.67. The molecule has 0 aliphatic heterocycles. The molecule has 19 heavy (non-hydrogen) atoms. The molecule has 0 aliphatic rings. The molecule has 100 valence electrons. The lowest BCUT2D eigenvalue weighted by atomic mass is 10.0. The van der Waals surface area contributed by atoms with Gasteiger partial charge in [0.15, 0.2) is 0 Å². The number of nitrogen functional groups attached to an aromatic ring is 1. The molecule has 0 saturated heterocycles. The average Bonchev–Trinajstić information content (AvgIpc) is 2.41. The zero-order chi connectivity index (χ0) is 13.8. The summed E-state index contributed by atoms with van der Waals surface area (Å²) in [5, 5.41) is 0. The van der Waals surface area contributed by atoms with E-state index in [1.54, 1.807) is 6.20 Å². The van der Waals surface area contributed by atoms with E-state index in [2.05, 4.69) is 45.2 Å². The Balaban J connectivity index is 2.36. The molecular formula is C13H15BrN4O. The molecule has 0 spiro atoms. The minimum absolute atomic E-state index is 0.306. The van der Waals surface area contributed by atoms with Crippen molar-refractivity contribution in [1.29, 1.82) is 0 Å². The second-order valence-electron chi connectivity index (χ2n) is 4.29. The van der Waals surface area contributed by atoms with Crippen molar-refractivity contribution in [2.45, 2.75) is 19.8 Å². The van der Waals surface area contributed by atoms with Gasteiger partial charge in [-0.05, 0) is 33.5 Å². The smallest absolute Gasteiger partial charge is 0.240 e. The summed E-state index contributed by atoms with van der Waals surface area (Å²) in [5.41, 5.74) is 3.52. The van der Waals surface area contributed by atoms with Gasteiger partial charge in [-0.3, -0.25) is 5.43 Å². The van der Waals surface area contributed by atoms with Crippen LogP contribution in [0.3, 0.4) is 0 Å². The topological polar surface area (TPSA) is 73.1 Å². The van der Waals surface area contributed by atoms with Crippen molar-refractivity contribution >= 4 is 21.9 Å². The van der Waals surface area contributed by atoms with Crippen LogP contribution in [-0.2, 0) is 0 Å². The molecule has 0 atom stereocenters. The van der Waals surface area contributed by atoms with Crippen molar-refractivity contribution < 1.29 is 4.74 Å². The van der Waals surface area contributed by atoms with Crippen LogP contribution in [0.5, 0.6) is 11.6 Å². The maximum Gasteiger partial charge on any atom is 0.240 e. The van der Waals surface area contributed by atoms with Crippen molar-refractivity contribution in [3.05, 3.63) is 40.5 Å². The van der Waals surface area contributed by atoms with Gasteiger partial charge in [0.2, 0.25) is 11.8 Å². The summed E-state index contributed by atoms with van der Waals surface area (Å²) >= 11 is 3.36. The summed E-state index contributed by atoms with van der Waals surface area (Å²) in [7, 11) is 0. The molecule has 0 aliphatic carbocycles. The molecule has 1 heterocycles. The van der Waals surface area contributed by atoms with Gasteiger partial charge >= 0.3 is 0 Å². The molecule has 1 aromatic heterocycles. The predicted octanol–water partition coefficient (Wildman–Crippen LogP) is 3.44. The molecule has 6 heteroatoms. The Morgan fingerprint density at radius 1 is 1.32 bits per heavy atom.